The van der Waals surface area contributed by atoms with Crippen LogP contribution in [0.25, 0.3) is 10.6 Å². The second-order valence-corrected chi connectivity index (χ2v) is 6.01. The molecule has 0 aliphatic heterocycles. The van der Waals surface area contributed by atoms with Crippen LogP contribution in [0, 0.1) is 0 Å². The van der Waals surface area contributed by atoms with Gasteiger partial charge in [0.2, 0.25) is 0 Å². The van der Waals surface area contributed by atoms with Crippen molar-refractivity contribution in [1.29, 1.82) is 0 Å². The minimum Gasteiger partial charge on any atom is -0.493 e. The number of thiazole rings is 1. The molecule has 0 bridgehead atoms. The van der Waals surface area contributed by atoms with Crippen molar-refractivity contribution in [2.45, 2.75) is 6.61 Å². The highest BCUT2D eigenvalue weighted by molar-refractivity contribution is 7.13. The van der Waals surface area contributed by atoms with E-state index in [-0.39, 0.29) is 17.1 Å². The summed E-state index contributed by atoms with van der Waals surface area (Å²) in [5, 5.41) is 5.43. The highest BCUT2D eigenvalue weighted by Crippen LogP contribution is 2.30. The minimum absolute atomic E-state index is 0.118. The molecule has 134 valence electrons. The van der Waals surface area contributed by atoms with Crippen LogP contribution in [0.15, 0.2) is 54.0 Å². The first-order valence-corrected chi connectivity index (χ1v) is 8.39. The number of halogens is 2. The van der Waals surface area contributed by atoms with E-state index in [2.05, 4.69) is 15.0 Å². The van der Waals surface area contributed by atoms with Crippen molar-refractivity contribution in [1.82, 2.24) is 4.98 Å². The lowest BCUT2D eigenvalue weighted by Gasteiger charge is -2.12. The molecule has 0 radical (unpaired) electrons. The minimum atomic E-state index is -3.02. The Morgan fingerprint density at radius 3 is 2.73 bits per heavy atom. The highest BCUT2D eigenvalue weighted by Gasteiger charge is 2.15. The zero-order valence-electron chi connectivity index (χ0n) is 13.6. The molecule has 0 aliphatic carbocycles. The highest BCUT2D eigenvalue weighted by atomic mass is 32.1. The summed E-state index contributed by atoms with van der Waals surface area (Å²) in [6, 6.07) is 11.3. The number of aromatic nitrogens is 1. The smallest absolute Gasteiger partial charge is 0.387 e. The van der Waals surface area contributed by atoms with Crippen molar-refractivity contribution in [2.24, 2.45) is 0 Å². The van der Waals surface area contributed by atoms with E-state index in [0.29, 0.717) is 5.69 Å². The van der Waals surface area contributed by atoms with E-state index in [9.17, 15) is 13.6 Å². The third-order valence-electron chi connectivity index (χ3n) is 3.44. The maximum Gasteiger partial charge on any atom is 0.387 e. The number of ether oxygens (including phenoxy) is 2. The lowest BCUT2D eigenvalue weighted by molar-refractivity contribution is -0.0512. The number of methoxy groups -OCH3 is 1. The zero-order chi connectivity index (χ0) is 18.5. The average molecular weight is 376 g/mol. The molecular weight excluding hydrogens is 362 g/mol. The predicted octanol–water partition coefficient (Wildman–Crippen LogP) is 4.67. The Morgan fingerprint density at radius 1 is 1.19 bits per heavy atom. The van der Waals surface area contributed by atoms with Gasteiger partial charge in [-0.15, -0.1) is 11.3 Å². The first-order chi connectivity index (χ1) is 12.6. The Morgan fingerprint density at radius 2 is 2.04 bits per heavy atom. The molecule has 0 saturated carbocycles. The van der Waals surface area contributed by atoms with Crippen LogP contribution in [0.5, 0.6) is 11.5 Å². The number of hydrogen-bond acceptors (Lipinski definition) is 5. The SMILES string of the molecule is COc1ccc(C(=O)Nc2cccc(-c3nccs3)c2)cc1OC(F)F. The molecule has 0 aliphatic rings. The molecule has 0 atom stereocenters. The molecule has 1 N–H and O–H groups in total. The standard InChI is InChI=1S/C18H14F2N2O3S/c1-24-14-6-5-11(10-15(14)25-18(19)20)16(23)22-13-4-2-3-12(9-13)17-21-7-8-26-17/h2-10,18H,1H3,(H,22,23). The van der Waals surface area contributed by atoms with Gasteiger partial charge in [-0.2, -0.15) is 8.78 Å². The largest absolute Gasteiger partial charge is 0.493 e. The molecule has 1 heterocycles. The number of rotatable bonds is 6. The lowest BCUT2D eigenvalue weighted by atomic mass is 10.1. The fraction of sp³-hybridized carbons (Fsp3) is 0.111. The van der Waals surface area contributed by atoms with Gasteiger partial charge in [-0.1, -0.05) is 12.1 Å². The van der Waals surface area contributed by atoms with Crippen LogP contribution in [0.1, 0.15) is 10.4 Å². The van der Waals surface area contributed by atoms with Crippen molar-refractivity contribution in [3.05, 3.63) is 59.6 Å². The van der Waals surface area contributed by atoms with E-state index in [1.54, 1.807) is 24.4 Å². The van der Waals surface area contributed by atoms with E-state index >= 15 is 0 Å². The maximum atomic E-state index is 12.5. The van der Waals surface area contributed by atoms with E-state index in [4.69, 9.17) is 4.74 Å². The van der Waals surface area contributed by atoms with Crippen molar-refractivity contribution in [3.8, 4) is 22.1 Å². The average Bonchev–Trinajstić information content (AvgIpc) is 3.16. The Labute approximate surface area is 152 Å². The number of carbonyl (C=O) groups is 1. The molecule has 0 spiro atoms. The second kappa shape index (κ2) is 7.92. The molecule has 1 aromatic heterocycles. The number of amides is 1. The molecule has 3 rings (SSSR count). The van der Waals surface area contributed by atoms with Gasteiger partial charge in [0.25, 0.3) is 5.91 Å². The van der Waals surface area contributed by atoms with Gasteiger partial charge >= 0.3 is 6.61 Å². The molecular formula is C18H14F2N2O3S. The quantitative estimate of drug-likeness (QED) is 0.679. The molecule has 3 aromatic rings. The summed E-state index contributed by atoms with van der Waals surface area (Å²) in [5.74, 6) is -0.539. The fourth-order valence-corrected chi connectivity index (χ4v) is 2.94. The summed E-state index contributed by atoms with van der Waals surface area (Å²) in [4.78, 5) is 16.7. The number of anilines is 1. The van der Waals surface area contributed by atoms with Crippen LogP contribution in [0.3, 0.4) is 0 Å². The van der Waals surface area contributed by atoms with Crippen molar-refractivity contribution >= 4 is 22.9 Å². The summed E-state index contributed by atoms with van der Waals surface area (Å²) in [6.07, 6.45) is 1.70. The van der Waals surface area contributed by atoms with Crippen LogP contribution in [-0.2, 0) is 0 Å². The first-order valence-electron chi connectivity index (χ1n) is 7.51. The van der Waals surface area contributed by atoms with Gasteiger partial charge < -0.3 is 14.8 Å². The maximum absolute atomic E-state index is 12.5. The Kier molecular flexibility index (Phi) is 5.43. The number of hydrogen-bond donors (Lipinski definition) is 1. The molecule has 8 heteroatoms. The number of carbonyl (C=O) groups excluding carboxylic acids is 1. The van der Waals surface area contributed by atoms with Crippen LogP contribution in [0.4, 0.5) is 14.5 Å². The third kappa shape index (κ3) is 4.15. The Bertz CT molecular complexity index is 901. The topological polar surface area (TPSA) is 60.5 Å². The monoisotopic (exact) mass is 376 g/mol. The number of nitrogens with zero attached hydrogens (tertiary/aromatic N) is 1. The van der Waals surface area contributed by atoms with E-state index in [1.807, 2.05) is 11.4 Å². The van der Waals surface area contributed by atoms with E-state index < -0.39 is 12.5 Å². The first kappa shape index (κ1) is 17.8. The molecule has 2 aromatic carbocycles. The van der Waals surface area contributed by atoms with Crippen molar-refractivity contribution in [2.75, 3.05) is 12.4 Å². The fourth-order valence-electron chi connectivity index (χ4n) is 2.31. The van der Waals surface area contributed by atoms with Gasteiger partial charge in [-0.3, -0.25) is 4.79 Å². The van der Waals surface area contributed by atoms with Gasteiger partial charge in [-0.05, 0) is 30.3 Å². The zero-order valence-corrected chi connectivity index (χ0v) is 14.4. The van der Waals surface area contributed by atoms with Crippen LogP contribution >= 0.6 is 11.3 Å². The van der Waals surface area contributed by atoms with E-state index in [1.165, 1.54) is 36.6 Å². The normalized spacial score (nSPS) is 10.6. The van der Waals surface area contributed by atoms with Gasteiger partial charge in [0.05, 0.1) is 7.11 Å². The van der Waals surface area contributed by atoms with Crippen molar-refractivity contribution in [3.63, 3.8) is 0 Å². The van der Waals surface area contributed by atoms with E-state index in [0.717, 1.165) is 10.6 Å². The molecule has 0 fully saturated rings. The number of benzene rings is 2. The summed E-state index contributed by atoms with van der Waals surface area (Å²) >= 11 is 1.49. The molecule has 1 amide bonds. The van der Waals surface area contributed by atoms with Gasteiger partial charge in [0, 0.05) is 28.4 Å². The van der Waals surface area contributed by atoms with Crippen LogP contribution < -0.4 is 14.8 Å². The summed E-state index contributed by atoms with van der Waals surface area (Å²) in [5.41, 5.74) is 1.60. The second-order valence-electron chi connectivity index (χ2n) is 5.12. The van der Waals surface area contributed by atoms with Gasteiger partial charge in [-0.25, -0.2) is 4.98 Å². The number of nitrogens with one attached hydrogen (secondary N) is 1. The van der Waals surface area contributed by atoms with Crippen LogP contribution in [0.2, 0.25) is 0 Å². The molecule has 0 unspecified atom stereocenters. The van der Waals surface area contributed by atoms with Gasteiger partial charge in [0.15, 0.2) is 11.5 Å². The van der Waals surface area contributed by atoms with Crippen LogP contribution in [-0.4, -0.2) is 24.6 Å². The van der Waals surface area contributed by atoms with Crippen molar-refractivity contribution < 1.29 is 23.0 Å². The third-order valence-corrected chi connectivity index (χ3v) is 4.26. The van der Waals surface area contributed by atoms with Gasteiger partial charge in [0.1, 0.15) is 5.01 Å². The molecule has 26 heavy (non-hydrogen) atoms. The number of alkyl halides is 2. The summed E-state index contributed by atoms with van der Waals surface area (Å²) in [6.45, 7) is -3.02. The summed E-state index contributed by atoms with van der Waals surface area (Å²) < 4.78 is 34.4. The molecule has 0 saturated heterocycles. The lowest BCUT2D eigenvalue weighted by Crippen LogP contribution is -2.13. The Hall–Kier alpha value is -3.00. The molecule has 5 nitrogen and oxygen atoms in total. The Balaban J connectivity index is 1.81. The predicted molar refractivity (Wildman–Crippen MR) is 95.1 cm³/mol. The summed E-state index contributed by atoms with van der Waals surface area (Å²) in [7, 11) is 1.33.